The molecule has 0 spiro atoms. The van der Waals surface area contributed by atoms with Gasteiger partial charge in [-0.2, -0.15) is 5.10 Å². The summed E-state index contributed by atoms with van der Waals surface area (Å²) >= 11 is 0. The van der Waals surface area contributed by atoms with Crippen LogP contribution in [0.1, 0.15) is 34.2 Å². The van der Waals surface area contributed by atoms with E-state index in [1.807, 2.05) is 54.6 Å². The first kappa shape index (κ1) is 22.4. The number of esters is 1. The van der Waals surface area contributed by atoms with Gasteiger partial charge in [0.15, 0.2) is 5.69 Å². The molecule has 1 aliphatic rings. The molecular weight excluding hydrogens is 420 g/mol. The minimum atomic E-state index is -0.467. The summed E-state index contributed by atoms with van der Waals surface area (Å²) in [6, 6.07) is 17.3. The van der Waals surface area contributed by atoms with Crippen molar-refractivity contribution >= 4 is 12.0 Å². The predicted octanol–water partition coefficient (Wildman–Crippen LogP) is 3.37. The number of carbonyl (C=O) groups is 2. The van der Waals surface area contributed by atoms with Crippen LogP contribution in [0, 0.1) is 0 Å². The first-order valence-electron chi connectivity index (χ1n) is 11.1. The lowest BCUT2D eigenvalue weighted by Gasteiger charge is -2.28. The van der Waals surface area contributed by atoms with E-state index >= 15 is 0 Å². The van der Waals surface area contributed by atoms with Crippen LogP contribution in [0.4, 0.5) is 4.79 Å². The number of nitrogens with zero attached hydrogens (tertiary/aromatic N) is 3. The van der Waals surface area contributed by atoms with Gasteiger partial charge in [0.05, 0.1) is 31.6 Å². The molecule has 0 radical (unpaired) electrons. The van der Waals surface area contributed by atoms with Crippen molar-refractivity contribution in [3.8, 4) is 11.4 Å². The molecule has 2 amide bonds. The molecule has 33 heavy (non-hydrogen) atoms. The predicted molar refractivity (Wildman–Crippen MR) is 124 cm³/mol. The summed E-state index contributed by atoms with van der Waals surface area (Å²) in [5, 5.41) is 7.55. The second kappa shape index (κ2) is 10.2. The number of amides is 2. The Morgan fingerprint density at radius 1 is 1.09 bits per heavy atom. The molecule has 1 N–H and O–H groups in total. The molecule has 1 aliphatic heterocycles. The van der Waals surface area contributed by atoms with E-state index in [1.54, 1.807) is 23.6 Å². The molecule has 0 atom stereocenters. The normalized spacial score (nSPS) is 12.7. The highest BCUT2D eigenvalue weighted by Gasteiger charge is 2.31. The third kappa shape index (κ3) is 5.00. The molecule has 0 saturated heterocycles. The quantitative estimate of drug-likeness (QED) is 0.560. The van der Waals surface area contributed by atoms with E-state index in [4.69, 9.17) is 9.47 Å². The molecule has 0 saturated carbocycles. The standard InChI is InChI=1S/C25H28N4O4/c1-3-33-24(30)23-21-17-28(16-14-22(21)29(27-23)19-7-5-4-6-8-19)25(31)26-15-13-18-9-11-20(32-2)12-10-18/h4-12H,3,13-17H2,1-2H3,(H,26,31). The average molecular weight is 449 g/mol. The summed E-state index contributed by atoms with van der Waals surface area (Å²) in [5.74, 6) is 0.338. The Hall–Kier alpha value is -3.81. The van der Waals surface area contributed by atoms with Crippen LogP contribution < -0.4 is 10.1 Å². The van der Waals surface area contributed by atoms with Gasteiger partial charge in [-0.05, 0) is 43.2 Å². The second-order valence-electron chi connectivity index (χ2n) is 7.74. The van der Waals surface area contributed by atoms with Crippen molar-refractivity contribution < 1.29 is 19.1 Å². The van der Waals surface area contributed by atoms with Gasteiger partial charge in [0.25, 0.3) is 0 Å². The fourth-order valence-electron chi connectivity index (χ4n) is 3.96. The lowest BCUT2D eigenvalue weighted by molar-refractivity contribution is 0.0516. The van der Waals surface area contributed by atoms with E-state index < -0.39 is 5.97 Å². The molecule has 0 fully saturated rings. The molecule has 0 bridgehead atoms. The molecule has 4 rings (SSSR count). The largest absolute Gasteiger partial charge is 0.497 e. The Bertz CT molecular complexity index is 1110. The van der Waals surface area contributed by atoms with Crippen LogP contribution in [-0.4, -0.2) is 53.5 Å². The van der Waals surface area contributed by atoms with Gasteiger partial charge < -0.3 is 19.7 Å². The van der Waals surface area contributed by atoms with Crippen molar-refractivity contribution in [2.75, 3.05) is 26.8 Å². The number of rotatable bonds is 7. The van der Waals surface area contributed by atoms with Crippen LogP contribution >= 0.6 is 0 Å². The Kier molecular flexibility index (Phi) is 6.92. The maximum absolute atomic E-state index is 12.8. The van der Waals surface area contributed by atoms with E-state index in [2.05, 4.69) is 10.4 Å². The highest BCUT2D eigenvalue weighted by Crippen LogP contribution is 2.26. The minimum Gasteiger partial charge on any atom is -0.497 e. The van der Waals surface area contributed by atoms with Crippen molar-refractivity contribution in [2.24, 2.45) is 0 Å². The number of urea groups is 1. The van der Waals surface area contributed by atoms with Crippen LogP contribution in [-0.2, 0) is 24.1 Å². The van der Waals surface area contributed by atoms with Gasteiger partial charge in [0.1, 0.15) is 5.75 Å². The summed E-state index contributed by atoms with van der Waals surface area (Å²) in [7, 11) is 1.64. The lowest BCUT2D eigenvalue weighted by Crippen LogP contribution is -2.43. The second-order valence-corrected chi connectivity index (χ2v) is 7.74. The molecule has 172 valence electrons. The van der Waals surface area contributed by atoms with Crippen LogP contribution in [0.25, 0.3) is 5.69 Å². The molecule has 8 nitrogen and oxygen atoms in total. The number of benzene rings is 2. The number of ether oxygens (including phenoxy) is 2. The van der Waals surface area contributed by atoms with Crippen molar-refractivity contribution in [1.82, 2.24) is 20.0 Å². The number of hydrogen-bond acceptors (Lipinski definition) is 5. The van der Waals surface area contributed by atoms with Gasteiger partial charge in [-0.1, -0.05) is 30.3 Å². The summed E-state index contributed by atoms with van der Waals surface area (Å²) in [6.07, 6.45) is 1.32. The third-order valence-electron chi connectivity index (χ3n) is 5.66. The van der Waals surface area contributed by atoms with Gasteiger partial charge in [-0.3, -0.25) is 0 Å². The van der Waals surface area contributed by atoms with E-state index in [1.165, 1.54) is 0 Å². The molecule has 2 heterocycles. The Morgan fingerprint density at radius 3 is 2.55 bits per heavy atom. The number of methoxy groups -OCH3 is 1. The van der Waals surface area contributed by atoms with E-state index in [9.17, 15) is 9.59 Å². The Balaban J connectivity index is 1.46. The molecule has 1 aromatic heterocycles. The van der Waals surface area contributed by atoms with Crippen LogP contribution in [0.3, 0.4) is 0 Å². The number of carbonyl (C=O) groups excluding carboxylic acids is 2. The van der Waals surface area contributed by atoms with Gasteiger partial charge >= 0.3 is 12.0 Å². The molecule has 3 aromatic rings. The third-order valence-corrected chi connectivity index (χ3v) is 5.66. The summed E-state index contributed by atoms with van der Waals surface area (Å²) in [5.41, 5.74) is 3.94. The van der Waals surface area contributed by atoms with Crippen LogP contribution in [0.2, 0.25) is 0 Å². The molecule has 8 heteroatoms. The maximum Gasteiger partial charge on any atom is 0.359 e. The average Bonchev–Trinajstić information content (AvgIpc) is 3.24. The lowest BCUT2D eigenvalue weighted by atomic mass is 10.0. The van der Waals surface area contributed by atoms with Gasteiger partial charge in [-0.15, -0.1) is 0 Å². The number of aromatic nitrogens is 2. The van der Waals surface area contributed by atoms with Gasteiger partial charge in [0.2, 0.25) is 0 Å². The molecule has 0 aliphatic carbocycles. The number of nitrogens with one attached hydrogen (secondary N) is 1. The summed E-state index contributed by atoms with van der Waals surface area (Å²) < 4.78 is 12.2. The molecular formula is C25H28N4O4. The smallest absolute Gasteiger partial charge is 0.359 e. The fourth-order valence-corrected chi connectivity index (χ4v) is 3.96. The topological polar surface area (TPSA) is 85.7 Å². The van der Waals surface area contributed by atoms with Crippen LogP contribution in [0.15, 0.2) is 54.6 Å². The van der Waals surface area contributed by atoms with Crippen molar-refractivity contribution in [2.45, 2.75) is 26.3 Å². The zero-order chi connectivity index (χ0) is 23.2. The molecule has 0 unspecified atom stereocenters. The van der Waals surface area contributed by atoms with Crippen molar-refractivity contribution in [3.63, 3.8) is 0 Å². The van der Waals surface area contributed by atoms with E-state index in [0.29, 0.717) is 26.1 Å². The van der Waals surface area contributed by atoms with Crippen LogP contribution in [0.5, 0.6) is 5.75 Å². The summed E-state index contributed by atoms with van der Waals surface area (Å²) in [6.45, 7) is 3.40. The first-order chi connectivity index (χ1) is 16.1. The Morgan fingerprint density at radius 2 is 1.85 bits per heavy atom. The SMILES string of the molecule is CCOC(=O)c1nn(-c2ccccc2)c2c1CN(C(=O)NCCc1ccc(OC)cc1)CC2. The highest BCUT2D eigenvalue weighted by atomic mass is 16.5. The van der Waals surface area contributed by atoms with Gasteiger partial charge in [-0.25, -0.2) is 14.3 Å². The van der Waals surface area contributed by atoms with Crippen molar-refractivity contribution in [1.29, 1.82) is 0 Å². The highest BCUT2D eigenvalue weighted by molar-refractivity contribution is 5.89. The monoisotopic (exact) mass is 448 g/mol. The number of para-hydroxylation sites is 1. The minimum absolute atomic E-state index is 0.156. The number of hydrogen-bond donors (Lipinski definition) is 1. The zero-order valence-corrected chi connectivity index (χ0v) is 18.9. The molecule has 2 aromatic carbocycles. The zero-order valence-electron chi connectivity index (χ0n) is 18.9. The first-order valence-corrected chi connectivity index (χ1v) is 11.1. The fraction of sp³-hybridized carbons (Fsp3) is 0.320. The van der Waals surface area contributed by atoms with E-state index in [-0.39, 0.29) is 18.3 Å². The Labute approximate surface area is 193 Å². The van der Waals surface area contributed by atoms with Crippen molar-refractivity contribution in [3.05, 3.63) is 77.1 Å². The summed E-state index contributed by atoms with van der Waals surface area (Å²) in [4.78, 5) is 27.1. The number of fused-ring (bicyclic) bond motifs is 1. The van der Waals surface area contributed by atoms with Gasteiger partial charge in [0, 0.05) is 25.1 Å². The van der Waals surface area contributed by atoms with E-state index in [0.717, 1.165) is 34.7 Å². The maximum atomic E-state index is 12.8.